The first-order valence-corrected chi connectivity index (χ1v) is 12.8. The summed E-state index contributed by atoms with van der Waals surface area (Å²) in [6, 6.07) is 33.8. The van der Waals surface area contributed by atoms with E-state index < -0.39 is 0 Å². The number of amides is 3. The Kier molecular flexibility index (Phi) is 9.45. The van der Waals surface area contributed by atoms with Crippen LogP contribution >= 0.6 is 0 Å². The number of nitrogens with zero attached hydrogens (tertiary/aromatic N) is 1. The first-order chi connectivity index (χ1) is 19.0. The van der Waals surface area contributed by atoms with Gasteiger partial charge in [-0.05, 0) is 60.0 Å². The second-order valence-electron chi connectivity index (χ2n) is 9.24. The van der Waals surface area contributed by atoms with Gasteiger partial charge in [0.1, 0.15) is 0 Å². The Morgan fingerprint density at radius 1 is 0.641 bits per heavy atom. The smallest absolute Gasteiger partial charge is 0.253 e. The van der Waals surface area contributed by atoms with E-state index in [2.05, 4.69) is 16.0 Å². The van der Waals surface area contributed by atoms with Gasteiger partial charge >= 0.3 is 0 Å². The van der Waals surface area contributed by atoms with Gasteiger partial charge in [-0.15, -0.1) is 0 Å². The van der Waals surface area contributed by atoms with E-state index in [0.29, 0.717) is 36.3 Å². The van der Waals surface area contributed by atoms with Crippen LogP contribution < -0.4 is 16.0 Å². The van der Waals surface area contributed by atoms with Gasteiger partial charge in [0.05, 0.1) is 6.54 Å². The summed E-state index contributed by atoms with van der Waals surface area (Å²) in [5.41, 5.74) is 4.66. The zero-order chi connectivity index (χ0) is 27.5. The summed E-state index contributed by atoms with van der Waals surface area (Å²) < 4.78 is 0. The van der Waals surface area contributed by atoms with E-state index in [1.54, 1.807) is 48.3 Å². The van der Waals surface area contributed by atoms with Crippen LogP contribution in [0, 0.1) is 0 Å². The molecule has 7 heteroatoms. The van der Waals surface area contributed by atoms with Crippen molar-refractivity contribution in [2.24, 2.45) is 0 Å². The molecule has 0 aliphatic heterocycles. The van der Waals surface area contributed by atoms with Crippen molar-refractivity contribution in [2.75, 3.05) is 29.5 Å². The molecular formula is C32H32N4O3. The fourth-order valence-electron chi connectivity index (χ4n) is 4.06. The number of hydrogen-bond acceptors (Lipinski definition) is 4. The molecule has 0 spiro atoms. The van der Waals surface area contributed by atoms with Crippen LogP contribution in [0.4, 0.5) is 17.1 Å². The zero-order valence-electron chi connectivity index (χ0n) is 21.9. The third kappa shape index (κ3) is 8.57. The number of carbonyl (C=O) groups excluding carboxylic acids is 3. The molecule has 0 heterocycles. The molecule has 0 radical (unpaired) electrons. The van der Waals surface area contributed by atoms with Crippen LogP contribution in [0.25, 0.3) is 0 Å². The van der Waals surface area contributed by atoms with Crippen molar-refractivity contribution < 1.29 is 14.4 Å². The Morgan fingerprint density at radius 3 is 1.95 bits per heavy atom. The number of carbonyl (C=O) groups is 3. The molecule has 0 atom stereocenters. The van der Waals surface area contributed by atoms with Gasteiger partial charge in [-0.2, -0.15) is 0 Å². The van der Waals surface area contributed by atoms with Crippen molar-refractivity contribution in [3.8, 4) is 0 Å². The van der Waals surface area contributed by atoms with Crippen LogP contribution in [0.3, 0.4) is 0 Å². The molecule has 7 nitrogen and oxygen atoms in total. The second-order valence-corrected chi connectivity index (χ2v) is 9.24. The maximum absolute atomic E-state index is 12.9. The average molecular weight is 521 g/mol. The van der Waals surface area contributed by atoms with Gasteiger partial charge in [0.15, 0.2) is 0 Å². The molecular weight excluding hydrogens is 488 g/mol. The first kappa shape index (κ1) is 27.1. The van der Waals surface area contributed by atoms with Crippen molar-refractivity contribution in [3.05, 3.63) is 126 Å². The lowest BCUT2D eigenvalue weighted by molar-refractivity contribution is -0.116. The van der Waals surface area contributed by atoms with E-state index in [-0.39, 0.29) is 24.3 Å². The van der Waals surface area contributed by atoms with E-state index in [1.165, 1.54) is 0 Å². The van der Waals surface area contributed by atoms with E-state index in [9.17, 15) is 14.4 Å². The minimum absolute atomic E-state index is 0.0501. The van der Waals surface area contributed by atoms with Gasteiger partial charge in [0, 0.05) is 42.6 Å². The van der Waals surface area contributed by atoms with E-state index in [0.717, 1.165) is 16.8 Å². The summed E-state index contributed by atoms with van der Waals surface area (Å²) in [6.07, 6.45) is 1.09. The Bertz CT molecular complexity index is 1390. The first-order valence-electron chi connectivity index (χ1n) is 12.8. The predicted molar refractivity (Wildman–Crippen MR) is 156 cm³/mol. The Labute approximate surface area is 228 Å². The van der Waals surface area contributed by atoms with Crippen LogP contribution in [-0.2, 0) is 22.6 Å². The number of aryl methyl sites for hydroxylation is 1. The second kappa shape index (κ2) is 13.6. The SMILES string of the molecule is CN(Cc1ccccc1)C(=O)c1cccc(NC(=O)CNc2ccc(NC(=O)CCc3ccccc3)cc2)c1. The van der Waals surface area contributed by atoms with Gasteiger partial charge in [-0.25, -0.2) is 0 Å². The van der Waals surface area contributed by atoms with Crippen molar-refractivity contribution in [3.63, 3.8) is 0 Å². The number of benzene rings is 4. The summed E-state index contributed by atoms with van der Waals surface area (Å²) in [7, 11) is 1.76. The van der Waals surface area contributed by atoms with Crippen molar-refractivity contribution in [1.82, 2.24) is 4.90 Å². The molecule has 0 fully saturated rings. The van der Waals surface area contributed by atoms with Crippen LogP contribution in [0.5, 0.6) is 0 Å². The molecule has 39 heavy (non-hydrogen) atoms. The van der Waals surface area contributed by atoms with Gasteiger partial charge in [0.2, 0.25) is 11.8 Å². The van der Waals surface area contributed by atoms with Gasteiger partial charge in [-0.3, -0.25) is 14.4 Å². The van der Waals surface area contributed by atoms with Crippen LogP contribution in [0.1, 0.15) is 27.9 Å². The fourth-order valence-corrected chi connectivity index (χ4v) is 4.06. The number of nitrogens with one attached hydrogen (secondary N) is 3. The monoisotopic (exact) mass is 520 g/mol. The molecule has 0 saturated heterocycles. The maximum Gasteiger partial charge on any atom is 0.253 e. The third-order valence-corrected chi connectivity index (χ3v) is 6.11. The molecule has 4 aromatic rings. The molecule has 0 saturated carbocycles. The molecule has 3 N–H and O–H groups in total. The van der Waals surface area contributed by atoms with Crippen molar-refractivity contribution >= 4 is 34.8 Å². The standard InChI is InChI=1S/C32H32N4O3/c1-36(23-25-11-6-3-7-12-25)32(39)26-13-8-14-29(21-26)35-31(38)22-33-27-16-18-28(19-17-27)34-30(37)20-15-24-9-4-2-5-10-24/h2-14,16-19,21,33H,15,20,22-23H2,1H3,(H,34,37)(H,35,38). The predicted octanol–water partition coefficient (Wildman–Crippen LogP) is 5.58. The van der Waals surface area contributed by atoms with Crippen molar-refractivity contribution in [2.45, 2.75) is 19.4 Å². The highest BCUT2D eigenvalue weighted by molar-refractivity contribution is 5.98. The topological polar surface area (TPSA) is 90.5 Å². The molecule has 0 unspecified atom stereocenters. The largest absolute Gasteiger partial charge is 0.376 e. The summed E-state index contributed by atoms with van der Waals surface area (Å²) >= 11 is 0. The Balaban J connectivity index is 1.22. The summed E-state index contributed by atoms with van der Waals surface area (Å²) in [6.45, 7) is 0.547. The van der Waals surface area contributed by atoms with E-state index >= 15 is 0 Å². The van der Waals surface area contributed by atoms with E-state index in [4.69, 9.17) is 0 Å². The average Bonchev–Trinajstić information content (AvgIpc) is 2.96. The molecule has 0 aliphatic carbocycles. The number of hydrogen-bond donors (Lipinski definition) is 3. The molecule has 0 bridgehead atoms. The lowest BCUT2D eigenvalue weighted by Gasteiger charge is -2.18. The minimum Gasteiger partial charge on any atom is -0.376 e. The summed E-state index contributed by atoms with van der Waals surface area (Å²) in [4.78, 5) is 39.3. The molecule has 198 valence electrons. The Hall–Kier alpha value is -4.91. The summed E-state index contributed by atoms with van der Waals surface area (Å²) in [5, 5.41) is 8.80. The zero-order valence-corrected chi connectivity index (χ0v) is 21.9. The fraction of sp³-hybridized carbons (Fsp3) is 0.156. The van der Waals surface area contributed by atoms with Gasteiger partial charge < -0.3 is 20.9 Å². The van der Waals surface area contributed by atoms with Gasteiger partial charge in [-0.1, -0.05) is 66.7 Å². The lowest BCUT2D eigenvalue weighted by Crippen LogP contribution is -2.26. The molecule has 0 aliphatic rings. The number of rotatable bonds is 11. The highest BCUT2D eigenvalue weighted by atomic mass is 16.2. The van der Waals surface area contributed by atoms with Crippen LogP contribution in [0.15, 0.2) is 109 Å². The molecule has 4 rings (SSSR count). The van der Waals surface area contributed by atoms with Gasteiger partial charge in [0.25, 0.3) is 5.91 Å². The molecule has 4 aromatic carbocycles. The highest BCUT2D eigenvalue weighted by Crippen LogP contribution is 2.16. The molecule has 0 aromatic heterocycles. The van der Waals surface area contributed by atoms with E-state index in [1.807, 2.05) is 72.8 Å². The number of anilines is 3. The lowest BCUT2D eigenvalue weighted by atomic mass is 10.1. The third-order valence-electron chi connectivity index (χ3n) is 6.11. The maximum atomic E-state index is 12.9. The quantitative estimate of drug-likeness (QED) is 0.241. The van der Waals surface area contributed by atoms with Crippen molar-refractivity contribution in [1.29, 1.82) is 0 Å². The minimum atomic E-state index is -0.240. The Morgan fingerprint density at radius 2 is 1.26 bits per heavy atom. The van der Waals surface area contributed by atoms with Crippen LogP contribution in [-0.4, -0.2) is 36.2 Å². The molecule has 3 amide bonds. The van der Waals surface area contributed by atoms with Crippen LogP contribution in [0.2, 0.25) is 0 Å². The normalized spacial score (nSPS) is 10.4. The summed E-state index contributed by atoms with van der Waals surface area (Å²) in [5.74, 6) is -0.415. The highest BCUT2D eigenvalue weighted by Gasteiger charge is 2.13.